The van der Waals surface area contributed by atoms with E-state index in [1.807, 2.05) is 95.2 Å². The van der Waals surface area contributed by atoms with Gasteiger partial charge in [0.2, 0.25) is 0 Å². The highest BCUT2D eigenvalue weighted by molar-refractivity contribution is 7.20. The van der Waals surface area contributed by atoms with E-state index in [0.717, 1.165) is 29.1 Å². The number of rotatable bonds is 22. The SMILES string of the molecule is OB(O)c1cccs1.OC[C@@H](O)[C@@H](O[C@@H]1O[C@H](CO)[C@H](O)[C@H](O)[C@H]1O)[C@H](O)[C@@H](c1cccs1)N(Cc1ccccc1)Cc1ccccc1.OC[C@H]1O[C@@H](O[C@H]2[C@H](O)C(O)O[C@@H]2CO)[C@H](O)[C@@H](O)[C@H]1O.c1ccc(CNCc2ccccc2)cc1. The van der Waals surface area contributed by atoms with Crippen molar-refractivity contribution in [1.29, 1.82) is 0 Å². The van der Waals surface area contributed by atoms with Crippen molar-refractivity contribution in [2.45, 2.75) is 137 Å². The highest BCUT2D eigenvalue weighted by Crippen LogP contribution is 2.36. The van der Waals surface area contributed by atoms with Crippen LogP contribution in [0.3, 0.4) is 0 Å². The summed E-state index contributed by atoms with van der Waals surface area (Å²) >= 11 is 2.74. The largest absolute Gasteiger partial charge is 0.499 e. The number of aliphatic hydroxyl groups is 14. The molecule has 460 valence electrons. The Morgan fingerprint density at radius 3 is 1.37 bits per heavy atom. The molecule has 6 aromatic rings. The van der Waals surface area contributed by atoms with E-state index in [0.29, 0.717) is 17.9 Å². The molecule has 17 N–H and O–H groups in total. The second-order valence-corrected chi connectivity index (χ2v) is 21.8. The number of ether oxygens (including phenoxy) is 5. The van der Waals surface area contributed by atoms with E-state index in [2.05, 4.69) is 53.8 Å². The normalized spacial score (nSPS) is 28.1. The van der Waals surface area contributed by atoms with Crippen LogP contribution in [0.4, 0.5) is 0 Å². The highest BCUT2D eigenvalue weighted by Gasteiger charge is 2.51. The summed E-state index contributed by atoms with van der Waals surface area (Å²) in [5.74, 6) is 0. The molecule has 84 heavy (non-hydrogen) atoms. The number of thiophene rings is 2. The van der Waals surface area contributed by atoms with Crippen LogP contribution >= 0.6 is 22.7 Å². The van der Waals surface area contributed by atoms with Crippen molar-refractivity contribution in [2.75, 3.05) is 26.4 Å². The molecule has 0 amide bonds. The van der Waals surface area contributed by atoms with Crippen molar-refractivity contribution in [1.82, 2.24) is 10.2 Å². The Morgan fingerprint density at radius 2 is 0.952 bits per heavy atom. The quantitative estimate of drug-likeness (QED) is 0.0328. The molecular weight excluding hydrogens is 1140 g/mol. The van der Waals surface area contributed by atoms with Gasteiger partial charge in [0.15, 0.2) is 18.9 Å². The van der Waals surface area contributed by atoms with Gasteiger partial charge in [-0.25, -0.2) is 0 Å². The van der Waals surface area contributed by atoms with Crippen molar-refractivity contribution in [2.24, 2.45) is 0 Å². The van der Waals surface area contributed by atoms with Gasteiger partial charge in [-0.1, -0.05) is 140 Å². The van der Waals surface area contributed by atoms with Gasteiger partial charge in [-0.3, -0.25) is 4.90 Å². The van der Waals surface area contributed by atoms with Crippen LogP contribution in [-0.2, 0) is 49.9 Å². The lowest BCUT2D eigenvalue weighted by molar-refractivity contribution is -0.326. The van der Waals surface area contributed by atoms with Crippen LogP contribution in [0, 0.1) is 0 Å². The topological polar surface area (TPSA) is 385 Å². The predicted molar refractivity (Wildman–Crippen MR) is 307 cm³/mol. The lowest BCUT2D eigenvalue weighted by atomic mass is 9.90. The number of hydrogen-bond donors (Lipinski definition) is 17. The summed E-state index contributed by atoms with van der Waals surface area (Å²) in [6.45, 7) is 0.0883. The van der Waals surface area contributed by atoms with Crippen LogP contribution in [0.5, 0.6) is 0 Å². The minimum atomic E-state index is -1.75. The minimum Gasteiger partial charge on any atom is -0.423 e. The van der Waals surface area contributed by atoms with Gasteiger partial charge in [-0.2, -0.15) is 11.3 Å². The van der Waals surface area contributed by atoms with E-state index in [9.17, 15) is 61.3 Å². The number of benzene rings is 4. The van der Waals surface area contributed by atoms with Crippen LogP contribution < -0.4 is 10.1 Å². The van der Waals surface area contributed by atoms with Crippen LogP contribution in [0.1, 0.15) is 33.2 Å². The molecule has 3 saturated heterocycles. The van der Waals surface area contributed by atoms with Crippen molar-refractivity contribution < 1.29 is 105 Å². The molecule has 3 aliphatic heterocycles. The Labute approximate surface area is 494 Å². The van der Waals surface area contributed by atoms with E-state index >= 15 is 0 Å². The lowest BCUT2D eigenvalue weighted by Gasteiger charge is -2.44. The third-order valence-electron chi connectivity index (χ3n) is 13.8. The number of nitrogens with one attached hydrogen (secondary N) is 1. The monoisotopic (exact) mass is 1210 g/mol. The van der Waals surface area contributed by atoms with Crippen molar-refractivity contribution in [3.63, 3.8) is 0 Å². The molecule has 0 radical (unpaired) electrons. The zero-order valence-corrected chi connectivity index (χ0v) is 47.2. The molecule has 0 spiro atoms. The predicted octanol–water partition coefficient (Wildman–Crippen LogP) is -1.96. The molecule has 0 aliphatic carbocycles. The lowest BCUT2D eigenvalue weighted by Crippen LogP contribution is -2.61. The third-order valence-corrected chi connectivity index (χ3v) is 15.7. The molecule has 1 unspecified atom stereocenters. The molecule has 4 aromatic carbocycles. The molecule has 2 aromatic heterocycles. The molecule has 23 nitrogen and oxygen atoms in total. The molecule has 3 fully saturated rings. The standard InChI is InChI=1S/C29H37NO9S.C14H15N.C11H20O10.C4H5BO2S/c31-16-20(33)28(39-29-27(37)26(36)24(34)21(17-32)38-29)25(35)23(22-12-7-13-40-22)30(14-18-8-3-1-4-9-18)15-19-10-5-2-6-11-19;1-3-7-13(8-4-1)11-15-12-14-9-5-2-6-10-14;12-1-3-5(14)6(15)7(16)11(20-3)21-9-4(2-13)19-10(18)8(9)17;6-5(7)4-2-1-3-8-4/h1-13,20-21,23-29,31-37H,14-17H2;1-10,15H,11-12H2;3-18H,1-2H2;1-3,6-7H/t20-,21-,23-,24+,25-,26+,27-,28-,29+;;3-,4-,5+,6+,7-,8+,9-,10?,11+;/m1.1./s1. The van der Waals surface area contributed by atoms with Crippen molar-refractivity contribution >= 4 is 34.6 Å². The van der Waals surface area contributed by atoms with Gasteiger partial charge in [-0.05, 0) is 39.1 Å². The van der Waals surface area contributed by atoms with Crippen molar-refractivity contribution in [3.05, 3.63) is 183 Å². The molecule has 0 saturated carbocycles. The van der Waals surface area contributed by atoms with Crippen molar-refractivity contribution in [3.8, 4) is 0 Å². The zero-order chi connectivity index (χ0) is 60.7. The maximum atomic E-state index is 11.9. The average molecular weight is 1210 g/mol. The van der Waals surface area contributed by atoms with E-state index < -0.39 is 144 Å². The van der Waals surface area contributed by atoms with Crippen LogP contribution in [0.25, 0.3) is 0 Å². The second kappa shape index (κ2) is 35.3. The molecule has 3 aliphatic rings. The fourth-order valence-corrected chi connectivity index (χ4v) is 10.8. The maximum absolute atomic E-state index is 11.9. The van der Waals surface area contributed by atoms with E-state index in [1.54, 1.807) is 17.5 Å². The first kappa shape index (κ1) is 68.5. The number of aliphatic hydroxyl groups excluding tert-OH is 14. The molecular formula is C58H77BN2O21S2. The van der Waals surface area contributed by atoms with E-state index in [1.165, 1.54) is 33.8 Å². The Kier molecular flexibility index (Phi) is 28.8. The molecule has 9 rings (SSSR count). The second-order valence-electron chi connectivity index (χ2n) is 19.9. The average Bonchev–Trinajstić information content (AvgIpc) is 3.72. The summed E-state index contributed by atoms with van der Waals surface area (Å²) in [6.07, 6.45) is -25.2. The van der Waals surface area contributed by atoms with E-state index in [4.69, 9.17) is 43.9 Å². The fraction of sp³-hybridized carbons (Fsp3) is 0.448. The number of hydrogen-bond acceptors (Lipinski definition) is 25. The highest BCUT2D eigenvalue weighted by atomic mass is 32.1. The summed E-state index contributed by atoms with van der Waals surface area (Å²) in [7, 11) is -1.30. The Morgan fingerprint density at radius 1 is 0.500 bits per heavy atom. The van der Waals surface area contributed by atoms with Gasteiger partial charge in [0, 0.05) is 35.8 Å². The third kappa shape index (κ3) is 19.7. The first-order valence-electron chi connectivity index (χ1n) is 27.0. The van der Waals surface area contributed by atoms with Crippen LogP contribution in [0.15, 0.2) is 156 Å². The Balaban J connectivity index is 0.000000212. The van der Waals surface area contributed by atoms with Gasteiger partial charge < -0.3 is 111 Å². The first-order chi connectivity index (χ1) is 40.5. The molecule has 18 atom stereocenters. The van der Waals surface area contributed by atoms with Crippen LogP contribution in [0.2, 0.25) is 0 Å². The Bertz CT molecular complexity index is 2570. The van der Waals surface area contributed by atoms with Gasteiger partial charge in [0.05, 0.1) is 32.5 Å². The Hall–Kier alpha value is -4.58. The number of nitrogens with zero attached hydrogens (tertiary/aromatic N) is 1. The summed E-state index contributed by atoms with van der Waals surface area (Å²) in [4.78, 5) is 2.81. The summed E-state index contributed by atoms with van der Waals surface area (Å²) in [5.41, 5.74) is 4.63. The van der Waals surface area contributed by atoms with Gasteiger partial charge in [-0.15, -0.1) is 11.3 Å². The molecule has 26 heteroatoms. The molecule has 5 heterocycles. The van der Waals surface area contributed by atoms with Crippen LogP contribution in [-0.4, -0.2) is 224 Å². The molecule has 0 bridgehead atoms. The maximum Gasteiger partial charge on any atom is 0.499 e. The van der Waals surface area contributed by atoms with E-state index in [-0.39, 0.29) is 0 Å². The smallest absolute Gasteiger partial charge is 0.423 e. The minimum absolute atomic E-state index is 0.428. The fourth-order valence-electron chi connectivity index (χ4n) is 9.28. The first-order valence-corrected chi connectivity index (χ1v) is 28.8. The summed E-state index contributed by atoms with van der Waals surface area (Å²) < 4.78 is 27.1. The van der Waals surface area contributed by atoms with Gasteiger partial charge in [0.1, 0.15) is 85.5 Å². The van der Waals surface area contributed by atoms with Gasteiger partial charge >= 0.3 is 7.12 Å². The summed E-state index contributed by atoms with van der Waals surface area (Å²) in [5, 5.41) is 163. The zero-order valence-electron chi connectivity index (χ0n) is 45.6. The van der Waals surface area contributed by atoms with Gasteiger partial charge in [0.25, 0.3) is 0 Å². The summed E-state index contributed by atoms with van der Waals surface area (Å²) in [6, 6.07) is 46.7.